The monoisotopic (exact) mass is 899 g/mol. The summed E-state index contributed by atoms with van der Waals surface area (Å²) in [5.41, 5.74) is 0. The van der Waals surface area contributed by atoms with Crippen LogP contribution in [0.5, 0.6) is 0 Å². The largest absolute Gasteiger partial charge is 0.462 e. The number of unbranched alkanes of at least 4 members (excludes halogenated alkanes) is 34. The van der Waals surface area contributed by atoms with Gasteiger partial charge in [-0.15, -0.1) is 0 Å². The Balaban J connectivity index is 4.33. The molecule has 0 aliphatic heterocycles. The van der Waals surface area contributed by atoms with Gasteiger partial charge in [0.05, 0.1) is 0 Å². The first-order valence-electron chi connectivity index (χ1n) is 28.0. The molecule has 0 bridgehead atoms. The van der Waals surface area contributed by atoms with E-state index in [1.165, 1.54) is 186 Å². The van der Waals surface area contributed by atoms with E-state index in [2.05, 4.69) is 57.2 Å². The lowest BCUT2D eigenvalue weighted by atomic mass is 10.0. The van der Waals surface area contributed by atoms with E-state index >= 15 is 0 Å². The Hall–Kier alpha value is -2.37. The highest BCUT2D eigenvalue weighted by molar-refractivity contribution is 5.71. The molecule has 1 atom stereocenters. The maximum atomic E-state index is 12.8. The van der Waals surface area contributed by atoms with Crippen molar-refractivity contribution < 1.29 is 28.6 Å². The van der Waals surface area contributed by atoms with Crippen LogP contribution in [-0.4, -0.2) is 37.2 Å². The molecule has 6 nitrogen and oxygen atoms in total. The number of carbonyl (C=O) groups excluding carboxylic acids is 3. The van der Waals surface area contributed by atoms with Gasteiger partial charge in [0.15, 0.2) is 6.10 Å². The van der Waals surface area contributed by atoms with Gasteiger partial charge in [-0.2, -0.15) is 0 Å². The lowest BCUT2D eigenvalue weighted by Gasteiger charge is -2.18. The molecular formula is C58H106O6. The Kier molecular flexibility index (Phi) is 51.3. The number of esters is 3. The van der Waals surface area contributed by atoms with Crippen molar-refractivity contribution in [1.82, 2.24) is 0 Å². The third-order valence-corrected chi connectivity index (χ3v) is 12.4. The predicted molar refractivity (Wildman–Crippen MR) is 275 cm³/mol. The molecule has 0 aromatic heterocycles. The zero-order chi connectivity index (χ0) is 46.5. The van der Waals surface area contributed by atoms with E-state index in [0.717, 1.165) is 70.6 Å². The van der Waals surface area contributed by atoms with E-state index in [0.29, 0.717) is 19.3 Å². The summed E-state index contributed by atoms with van der Waals surface area (Å²) in [5.74, 6) is -0.871. The van der Waals surface area contributed by atoms with E-state index in [9.17, 15) is 14.4 Å². The van der Waals surface area contributed by atoms with E-state index in [1.54, 1.807) is 0 Å². The summed E-state index contributed by atoms with van der Waals surface area (Å²) in [6, 6.07) is 0. The number of hydrogen-bond donors (Lipinski definition) is 0. The van der Waals surface area contributed by atoms with Crippen LogP contribution in [0.3, 0.4) is 0 Å². The maximum absolute atomic E-state index is 12.8. The van der Waals surface area contributed by atoms with Crippen LogP contribution in [0.2, 0.25) is 0 Å². The molecule has 374 valence electrons. The second-order valence-corrected chi connectivity index (χ2v) is 18.8. The van der Waals surface area contributed by atoms with Crippen molar-refractivity contribution in [3.05, 3.63) is 36.5 Å². The third-order valence-electron chi connectivity index (χ3n) is 12.4. The van der Waals surface area contributed by atoms with Gasteiger partial charge in [0, 0.05) is 19.3 Å². The molecule has 0 N–H and O–H groups in total. The molecule has 0 aliphatic rings. The fourth-order valence-electron chi connectivity index (χ4n) is 8.12. The fourth-order valence-corrected chi connectivity index (χ4v) is 8.12. The molecular weight excluding hydrogens is 793 g/mol. The Bertz CT molecular complexity index is 1080. The molecule has 0 saturated carbocycles. The quantitative estimate of drug-likeness (QED) is 0.0262. The smallest absolute Gasteiger partial charge is 0.306 e. The maximum Gasteiger partial charge on any atom is 0.306 e. The SMILES string of the molecule is CCCCC/C=C\C/C=C\CCCCCCCCCC(=O)OC[C@H](COC(=O)CCCCCCCCC/C=C\CCCCCCCC)OC(=O)CCCCCCCCCCCCCC. The molecule has 0 aromatic rings. The van der Waals surface area contributed by atoms with Crippen LogP contribution in [0.4, 0.5) is 0 Å². The van der Waals surface area contributed by atoms with Crippen LogP contribution in [0, 0.1) is 0 Å². The molecule has 0 aliphatic carbocycles. The van der Waals surface area contributed by atoms with Gasteiger partial charge in [0.1, 0.15) is 13.2 Å². The number of ether oxygens (including phenoxy) is 3. The fraction of sp³-hybridized carbons (Fsp3) is 0.845. The summed E-state index contributed by atoms with van der Waals surface area (Å²) < 4.78 is 16.8. The summed E-state index contributed by atoms with van der Waals surface area (Å²) in [6.45, 7) is 6.63. The Morgan fingerprint density at radius 2 is 0.562 bits per heavy atom. The minimum atomic E-state index is -0.773. The van der Waals surface area contributed by atoms with Crippen LogP contribution in [0.15, 0.2) is 36.5 Å². The van der Waals surface area contributed by atoms with Gasteiger partial charge in [-0.25, -0.2) is 0 Å². The zero-order valence-electron chi connectivity index (χ0n) is 42.8. The Morgan fingerprint density at radius 3 is 0.906 bits per heavy atom. The molecule has 0 heterocycles. The Labute approximate surface area is 397 Å². The second-order valence-electron chi connectivity index (χ2n) is 18.8. The lowest BCUT2D eigenvalue weighted by molar-refractivity contribution is -0.167. The molecule has 0 radical (unpaired) electrons. The summed E-state index contributed by atoms with van der Waals surface area (Å²) in [4.78, 5) is 38.1. The van der Waals surface area contributed by atoms with Crippen molar-refractivity contribution in [3.63, 3.8) is 0 Å². The van der Waals surface area contributed by atoms with Crippen molar-refractivity contribution in [3.8, 4) is 0 Å². The second kappa shape index (κ2) is 53.2. The molecule has 0 rings (SSSR count). The molecule has 0 fully saturated rings. The van der Waals surface area contributed by atoms with Gasteiger partial charge in [0.25, 0.3) is 0 Å². The molecule has 0 amide bonds. The van der Waals surface area contributed by atoms with E-state index in [-0.39, 0.29) is 31.1 Å². The normalized spacial score (nSPS) is 12.2. The Morgan fingerprint density at radius 1 is 0.312 bits per heavy atom. The van der Waals surface area contributed by atoms with Crippen LogP contribution in [0.1, 0.15) is 297 Å². The summed E-state index contributed by atoms with van der Waals surface area (Å²) in [5, 5.41) is 0. The highest BCUT2D eigenvalue weighted by Gasteiger charge is 2.19. The van der Waals surface area contributed by atoms with E-state index in [1.807, 2.05) is 0 Å². The van der Waals surface area contributed by atoms with Crippen molar-refractivity contribution in [2.24, 2.45) is 0 Å². The van der Waals surface area contributed by atoms with Crippen LogP contribution in [-0.2, 0) is 28.6 Å². The summed E-state index contributed by atoms with van der Waals surface area (Å²) in [7, 11) is 0. The molecule has 0 unspecified atom stereocenters. The van der Waals surface area contributed by atoms with Crippen molar-refractivity contribution in [2.45, 2.75) is 303 Å². The summed E-state index contributed by atoms with van der Waals surface area (Å²) in [6.07, 6.45) is 62.7. The summed E-state index contributed by atoms with van der Waals surface area (Å²) >= 11 is 0. The first-order chi connectivity index (χ1) is 31.5. The highest BCUT2D eigenvalue weighted by atomic mass is 16.6. The standard InChI is InChI=1S/C58H106O6/c1-4-7-10-13-16-19-22-25-27-29-31-33-36-38-41-44-47-50-56(59)62-53-55(64-58(61)52-49-46-43-40-35-24-21-18-15-12-9-6-3)54-63-57(60)51-48-45-42-39-37-34-32-30-28-26-23-20-17-14-11-8-5-2/h16,19,25-28,55H,4-15,17-18,20-24,29-54H2,1-3H3/b19-16-,27-25-,28-26-/t55-/m1/s1. The number of allylic oxidation sites excluding steroid dienone is 6. The number of rotatable bonds is 51. The predicted octanol–water partition coefficient (Wildman–Crippen LogP) is 18.5. The van der Waals surface area contributed by atoms with Crippen LogP contribution < -0.4 is 0 Å². The number of carbonyl (C=O) groups is 3. The van der Waals surface area contributed by atoms with Crippen LogP contribution in [0.25, 0.3) is 0 Å². The minimum absolute atomic E-state index is 0.0737. The van der Waals surface area contributed by atoms with Gasteiger partial charge in [-0.1, -0.05) is 237 Å². The number of hydrogen-bond acceptors (Lipinski definition) is 6. The minimum Gasteiger partial charge on any atom is -0.462 e. The highest BCUT2D eigenvalue weighted by Crippen LogP contribution is 2.16. The van der Waals surface area contributed by atoms with Gasteiger partial charge < -0.3 is 14.2 Å². The topological polar surface area (TPSA) is 78.9 Å². The molecule has 0 spiro atoms. The van der Waals surface area contributed by atoms with Gasteiger partial charge >= 0.3 is 17.9 Å². The zero-order valence-corrected chi connectivity index (χ0v) is 42.8. The molecule has 64 heavy (non-hydrogen) atoms. The van der Waals surface area contributed by atoms with Gasteiger partial charge in [-0.3, -0.25) is 14.4 Å². The van der Waals surface area contributed by atoms with Crippen molar-refractivity contribution >= 4 is 17.9 Å². The molecule has 0 aromatic carbocycles. The third kappa shape index (κ3) is 50.6. The lowest BCUT2D eigenvalue weighted by Crippen LogP contribution is -2.30. The molecule has 6 heteroatoms. The van der Waals surface area contributed by atoms with Gasteiger partial charge in [0.2, 0.25) is 0 Å². The van der Waals surface area contributed by atoms with Crippen molar-refractivity contribution in [1.29, 1.82) is 0 Å². The van der Waals surface area contributed by atoms with E-state index < -0.39 is 6.10 Å². The first-order valence-corrected chi connectivity index (χ1v) is 28.0. The van der Waals surface area contributed by atoms with Crippen molar-refractivity contribution in [2.75, 3.05) is 13.2 Å². The molecule has 0 saturated heterocycles. The van der Waals surface area contributed by atoms with Crippen LogP contribution >= 0.6 is 0 Å². The van der Waals surface area contributed by atoms with Gasteiger partial charge in [-0.05, 0) is 77.0 Å². The van der Waals surface area contributed by atoms with E-state index in [4.69, 9.17) is 14.2 Å². The average molecular weight is 899 g/mol. The average Bonchev–Trinajstić information content (AvgIpc) is 3.29. The first kappa shape index (κ1) is 61.6.